The zero-order valence-electron chi connectivity index (χ0n) is 13.1. The Balaban J connectivity index is 2.54. The molecule has 1 rings (SSSR count). The Morgan fingerprint density at radius 1 is 0.818 bits per heavy atom. The van der Waals surface area contributed by atoms with E-state index in [2.05, 4.69) is 0 Å². The lowest BCUT2D eigenvalue weighted by Gasteiger charge is -2.02. The predicted molar refractivity (Wildman–Crippen MR) is 85.4 cm³/mol. The summed E-state index contributed by atoms with van der Waals surface area (Å²) in [6.07, 6.45) is 10.1. The van der Waals surface area contributed by atoms with Gasteiger partial charge in [0, 0.05) is 0 Å². The minimum absolute atomic E-state index is 0.388. The molecule has 0 heterocycles. The molecule has 4 heteroatoms. The first-order valence-corrected chi connectivity index (χ1v) is 7.51. The number of benzene rings is 1. The van der Waals surface area contributed by atoms with E-state index in [-0.39, 0.29) is 0 Å². The van der Waals surface area contributed by atoms with Crippen molar-refractivity contribution in [2.75, 3.05) is 0 Å². The SMILES string of the molecule is CCCC=COC(=O)c1ccc(C(=O)OC=CCCC)cc1. The first-order chi connectivity index (χ1) is 10.7. The summed E-state index contributed by atoms with van der Waals surface area (Å²) in [5.41, 5.74) is 0.776. The van der Waals surface area contributed by atoms with E-state index in [0.29, 0.717) is 11.1 Å². The average molecular weight is 302 g/mol. The molecule has 0 unspecified atom stereocenters. The van der Waals surface area contributed by atoms with Crippen LogP contribution in [-0.2, 0) is 9.47 Å². The van der Waals surface area contributed by atoms with Crippen molar-refractivity contribution in [1.82, 2.24) is 0 Å². The lowest BCUT2D eigenvalue weighted by Crippen LogP contribution is -2.04. The van der Waals surface area contributed by atoms with Crippen molar-refractivity contribution in [3.05, 3.63) is 60.1 Å². The fourth-order valence-electron chi connectivity index (χ4n) is 1.57. The third-order valence-corrected chi connectivity index (χ3v) is 2.81. The predicted octanol–water partition coefficient (Wildman–Crippen LogP) is 4.63. The minimum Gasteiger partial charge on any atom is -0.431 e. The highest BCUT2D eigenvalue weighted by atomic mass is 16.5. The van der Waals surface area contributed by atoms with Gasteiger partial charge in [0.1, 0.15) is 0 Å². The van der Waals surface area contributed by atoms with Crippen molar-refractivity contribution in [2.45, 2.75) is 39.5 Å². The molecule has 22 heavy (non-hydrogen) atoms. The topological polar surface area (TPSA) is 52.6 Å². The van der Waals surface area contributed by atoms with E-state index >= 15 is 0 Å². The van der Waals surface area contributed by atoms with Gasteiger partial charge in [0.2, 0.25) is 0 Å². The Bertz CT molecular complexity index is 478. The maximum Gasteiger partial charge on any atom is 0.342 e. The zero-order valence-corrected chi connectivity index (χ0v) is 13.1. The third-order valence-electron chi connectivity index (χ3n) is 2.81. The summed E-state index contributed by atoms with van der Waals surface area (Å²) in [5, 5.41) is 0. The van der Waals surface area contributed by atoms with Crippen LogP contribution in [0.2, 0.25) is 0 Å². The van der Waals surface area contributed by atoms with Crippen LogP contribution in [0.3, 0.4) is 0 Å². The number of rotatable bonds is 8. The molecular formula is C18H22O4. The number of allylic oxidation sites excluding steroid dienone is 2. The average Bonchev–Trinajstić information content (AvgIpc) is 2.55. The van der Waals surface area contributed by atoms with Crippen LogP contribution in [0, 0.1) is 0 Å². The molecule has 1 aromatic carbocycles. The van der Waals surface area contributed by atoms with Crippen molar-refractivity contribution < 1.29 is 19.1 Å². The van der Waals surface area contributed by atoms with Crippen LogP contribution >= 0.6 is 0 Å². The van der Waals surface area contributed by atoms with Crippen LogP contribution in [0.1, 0.15) is 60.2 Å². The Kier molecular flexibility index (Phi) is 8.35. The van der Waals surface area contributed by atoms with Crippen LogP contribution < -0.4 is 0 Å². The molecule has 0 radical (unpaired) electrons. The monoisotopic (exact) mass is 302 g/mol. The van der Waals surface area contributed by atoms with Gasteiger partial charge in [-0.3, -0.25) is 0 Å². The molecule has 1 aromatic rings. The van der Waals surface area contributed by atoms with E-state index < -0.39 is 11.9 Å². The van der Waals surface area contributed by atoms with Crippen LogP contribution in [-0.4, -0.2) is 11.9 Å². The van der Waals surface area contributed by atoms with Gasteiger partial charge in [-0.25, -0.2) is 9.59 Å². The van der Waals surface area contributed by atoms with Crippen molar-refractivity contribution in [1.29, 1.82) is 0 Å². The van der Waals surface area contributed by atoms with E-state index in [0.717, 1.165) is 25.7 Å². The second-order valence-electron chi connectivity index (χ2n) is 4.71. The van der Waals surface area contributed by atoms with Crippen LogP contribution in [0.5, 0.6) is 0 Å². The Morgan fingerprint density at radius 2 is 1.18 bits per heavy atom. The summed E-state index contributed by atoms with van der Waals surface area (Å²) in [7, 11) is 0. The summed E-state index contributed by atoms with van der Waals surface area (Å²) >= 11 is 0. The van der Waals surface area contributed by atoms with E-state index in [1.165, 1.54) is 12.5 Å². The number of carbonyl (C=O) groups excluding carboxylic acids is 2. The Morgan fingerprint density at radius 3 is 1.50 bits per heavy atom. The number of hydrogen-bond donors (Lipinski definition) is 0. The highest BCUT2D eigenvalue weighted by Gasteiger charge is 2.09. The number of unbranched alkanes of at least 4 members (excludes halogenated alkanes) is 2. The molecule has 0 N–H and O–H groups in total. The molecule has 0 aromatic heterocycles. The smallest absolute Gasteiger partial charge is 0.342 e. The maximum absolute atomic E-state index is 11.7. The van der Waals surface area contributed by atoms with Gasteiger partial charge in [-0.15, -0.1) is 0 Å². The molecule has 0 amide bonds. The van der Waals surface area contributed by atoms with Gasteiger partial charge in [-0.1, -0.05) is 26.7 Å². The van der Waals surface area contributed by atoms with Gasteiger partial charge in [0.25, 0.3) is 0 Å². The minimum atomic E-state index is -0.449. The molecular weight excluding hydrogens is 280 g/mol. The van der Waals surface area contributed by atoms with Gasteiger partial charge >= 0.3 is 11.9 Å². The van der Waals surface area contributed by atoms with Crippen molar-refractivity contribution >= 4 is 11.9 Å². The summed E-state index contributed by atoms with van der Waals surface area (Å²) in [5.74, 6) is -0.898. The molecule has 0 fully saturated rings. The molecule has 0 atom stereocenters. The first-order valence-electron chi connectivity index (χ1n) is 7.51. The van der Waals surface area contributed by atoms with Gasteiger partial charge < -0.3 is 9.47 Å². The highest BCUT2D eigenvalue weighted by molar-refractivity contribution is 5.93. The summed E-state index contributed by atoms with van der Waals surface area (Å²) < 4.78 is 9.95. The number of ether oxygens (including phenoxy) is 2. The third kappa shape index (κ3) is 6.39. The molecule has 0 saturated carbocycles. The summed E-state index contributed by atoms with van der Waals surface area (Å²) in [4.78, 5) is 23.5. The Hall–Kier alpha value is -2.36. The second-order valence-corrected chi connectivity index (χ2v) is 4.71. The van der Waals surface area contributed by atoms with E-state index in [1.54, 1.807) is 36.4 Å². The van der Waals surface area contributed by atoms with Gasteiger partial charge in [0.05, 0.1) is 23.7 Å². The zero-order chi connectivity index (χ0) is 16.2. The normalized spacial score (nSPS) is 11.0. The van der Waals surface area contributed by atoms with Gasteiger partial charge in [-0.2, -0.15) is 0 Å². The fraction of sp³-hybridized carbons (Fsp3) is 0.333. The van der Waals surface area contributed by atoms with Crippen LogP contribution in [0.4, 0.5) is 0 Å². The molecule has 0 spiro atoms. The molecule has 0 aliphatic carbocycles. The van der Waals surface area contributed by atoms with Gasteiger partial charge in [-0.05, 0) is 49.3 Å². The lowest BCUT2D eigenvalue weighted by atomic mass is 10.1. The Labute approximate surface area is 131 Å². The summed E-state index contributed by atoms with van der Waals surface area (Å²) in [6, 6.07) is 6.18. The molecule has 0 aliphatic heterocycles. The largest absolute Gasteiger partial charge is 0.431 e. The lowest BCUT2D eigenvalue weighted by molar-refractivity contribution is 0.0648. The summed E-state index contributed by atoms with van der Waals surface area (Å²) in [6.45, 7) is 4.09. The quantitative estimate of drug-likeness (QED) is 0.519. The number of hydrogen-bond acceptors (Lipinski definition) is 4. The van der Waals surface area contributed by atoms with Crippen molar-refractivity contribution in [2.24, 2.45) is 0 Å². The maximum atomic E-state index is 11.7. The standard InChI is InChI=1S/C18H22O4/c1-3-5-7-13-21-17(19)15-9-11-16(12-10-15)18(20)22-14-8-6-4-2/h7-14H,3-6H2,1-2H3. The number of carbonyl (C=O) groups is 2. The van der Waals surface area contributed by atoms with Crippen LogP contribution in [0.15, 0.2) is 48.9 Å². The molecule has 4 nitrogen and oxygen atoms in total. The van der Waals surface area contributed by atoms with Gasteiger partial charge in [0.15, 0.2) is 0 Å². The van der Waals surface area contributed by atoms with Crippen molar-refractivity contribution in [3.8, 4) is 0 Å². The highest BCUT2D eigenvalue weighted by Crippen LogP contribution is 2.08. The van der Waals surface area contributed by atoms with E-state index in [1.807, 2.05) is 13.8 Å². The van der Waals surface area contributed by atoms with Crippen molar-refractivity contribution in [3.63, 3.8) is 0 Å². The van der Waals surface area contributed by atoms with E-state index in [9.17, 15) is 9.59 Å². The number of esters is 2. The first kappa shape index (κ1) is 17.7. The molecule has 0 bridgehead atoms. The van der Waals surface area contributed by atoms with Crippen LogP contribution in [0.25, 0.3) is 0 Å². The second kappa shape index (κ2) is 10.4. The fourth-order valence-corrected chi connectivity index (χ4v) is 1.57. The molecule has 118 valence electrons. The van der Waals surface area contributed by atoms with E-state index in [4.69, 9.17) is 9.47 Å². The molecule has 0 aliphatic rings. The molecule has 0 saturated heterocycles.